The second-order valence-corrected chi connectivity index (χ2v) is 8.80. The maximum absolute atomic E-state index is 4.80. The molecule has 6 rings (SSSR count). The molecule has 1 aromatic heterocycles. The summed E-state index contributed by atoms with van der Waals surface area (Å²) in [5.74, 6) is 0. The fraction of sp³-hybridized carbons (Fsp3) is 0.0741. The van der Waals surface area contributed by atoms with E-state index in [2.05, 4.69) is 118 Å². The van der Waals surface area contributed by atoms with Crippen LogP contribution in [-0.4, -0.2) is 12.0 Å². The number of fused-ring (bicyclic) bond motifs is 6. The molecule has 0 saturated heterocycles. The van der Waals surface area contributed by atoms with Gasteiger partial charge in [0, 0.05) is 39.6 Å². The van der Waals surface area contributed by atoms with E-state index in [4.69, 9.17) is 4.98 Å². The molecule has 0 aliphatic carbocycles. The normalized spacial score (nSPS) is 15.6. The van der Waals surface area contributed by atoms with Gasteiger partial charge >= 0.3 is 0 Å². The standard InChI is InChI=1S/C27H20BrN3/c1-30-25-22-11-6-5-10-21(22)24-23(12-7-17-29-24)26(25)31(20-8-3-2-4-9-20)27(30)18-13-15-19(28)16-14-18/h2-17,27H,1H3. The third-order valence-electron chi connectivity index (χ3n) is 6.13. The Morgan fingerprint density at radius 1 is 0.710 bits per heavy atom. The van der Waals surface area contributed by atoms with E-state index in [9.17, 15) is 0 Å². The van der Waals surface area contributed by atoms with Crippen molar-refractivity contribution in [2.45, 2.75) is 6.17 Å². The van der Waals surface area contributed by atoms with Gasteiger partial charge in [-0.3, -0.25) is 4.98 Å². The van der Waals surface area contributed by atoms with Gasteiger partial charge in [0.15, 0.2) is 0 Å². The Labute approximate surface area is 189 Å². The SMILES string of the molecule is CN1c2c(c3cccnc3c3ccccc23)N(c2ccccc2)C1c1ccc(Br)cc1. The Hall–Kier alpha value is -3.37. The molecule has 31 heavy (non-hydrogen) atoms. The molecule has 0 bridgehead atoms. The van der Waals surface area contributed by atoms with Crippen LogP contribution in [0.25, 0.3) is 21.7 Å². The number of halogens is 1. The number of rotatable bonds is 2. The minimum absolute atomic E-state index is 0.0414. The molecular formula is C27H20BrN3. The lowest BCUT2D eigenvalue weighted by molar-refractivity contribution is 0.720. The second-order valence-electron chi connectivity index (χ2n) is 7.88. The van der Waals surface area contributed by atoms with E-state index in [1.807, 2.05) is 12.3 Å². The molecule has 4 aromatic carbocycles. The first kappa shape index (κ1) is 18.4. The van der Waals surface area contributed by atoms with Gasteiger partial charge in [0.05, 0.1) is 16.9 Å². The highest BCUT2D eigenvalue weighted by Gasteiger charge is 2.38. The molecule has 3 nitrogen and oxygen atoms in total. The van der Waals surface area contributed by atoms with Crippen LogP contribution in [0.2, 0.25) is 0 Å². The summed E-state index contributed by atoms with van der Waals surface area (Å²) in [5.41, 5.74) is 5.91. The molecule has 2 heterocycles. The summed E-state index contributed by atoms with van der Waals surface area (Å²) in [5, 5.41) is 3.59. The maximum atomic E-state index is 4.80. The minimum atomic E-state index is 0.0414. The summed E-state index contributed by atoms with van der Waals surface area (Å²) in [6, 6.07) is 32.1. The number of pyridine rings is 1. The molecule has 5 aromatic rings. The molecule has 150 valence electrons. The number of hydrogen-bond donors (Lipinski definition) is 0. The van der Waals surface area contributed by atoms with Crippen molar-refractivity contribution in [2.24, 2.45) is 0 Å². The monoisotopic (exact) mass is 465 g/mol. The van der Waals surface area contributed by atoms with E-state index < -0.39 is 0 Å². The molecular weight excluding hydrogens is 446 g/mol. The van der Waals surface area contributed by atoms with Crippen molar-refractivity contribution in [2.75, 3.05) is 16.8 Å². The van der Waals surface area contributed by atoms with Gasteiger partial charge in [0.2, 0.25) is 0 Å². The molecule has 0 amide bonds. The predicted molar refractivity (Wildman–Crippen MR) is 133 cm³/mol. The molecule has 1 atom stereocenters. The fourth-order valence-corrected chi connectivity index (χ4v) is 5.11. The minimum Gasteiger partial charge on any atom is -0.348 e. The number of hydrogen-bond acceptors (Lipinski definition) is 3. The van der Waals surface area contributed by atoms with Gasteiger partial charge in [-0.25, -0.2) is 0 Å². The lowest BCUT2D eigenvalue weighted by Gasteiger charge is -2.31. The van der Waals surface area contributed by atoms with Gasteiger partial charge in [-0.05, 0) is 42.0 Å². The average Bonchev–Trinajstić information content (AvgIpc) is 3.14. The van der Waals surface area contributed by atoms with Gasteiger partial charge < -0.3 is 9.80 Å². The third-order valence-corrected chi connectivity index (χ3v) is 6.66. The smallest absolute Gasteiger partial charge is 0.132 e. The van der Waals surface area contributed by atoms with Crippen LogP contribution < -0.4 is 9.80 Å². The van der Waals surface area contributed by atoms with Crippen molar-refractivity contribution in [1.82, 2.24) is 4.98 Å². The van der Waals surface area contributed by atoms with Gasteiger partial charge in [0.1, 0.15) is 6.17 Å². The van der Waals surface area contributed by atoms with Crippen LogP contribution in [0.1, 0.15) is 11.7 Å². The number of anilines is 3. The number of aromatic nitrogens is 1. The van der Waals surface area contributed by atoms with E-state index >= 15 is 0 Å². The quantitative estimate of drug-likeness (QED) is 0.252. The molecule has 0 fully saturated rings. The van der Waals surface area contributed by atoms with Crippen molar-refractivity contribution in [1.29, 1.82) is 0 Å². The van der Waals surface area contributed by atoms with Crippen molar-refractivity contribution in [3.05, 3.63) is 107 Å². The van der Waals surface area contributed by atoms with Gasteiger partial charge in [-0.15, -0.1) is 0 Å². The van der Waals surface area contributed by atoms with E-state index in [0.717, 1.165) is 9.99 Å². The molecule has 0 radical (unpaired) electrons. The molecule has 1 unspecified atom stereocenters. The predicted octanol–water partition coefficient (Wildman–Crippen LogP) is 7.44. The molecule has 4 heteroatoms. The largest absolute Gasteiger partial charge is 0.348 e. The third kappa shape index (κ3) is 2.75. The number of para-hydroxylation sites is 1. The van der Waals surface area contributed by atoms with Gasteiger partial charge in [-0.2, -0.15) is 0 Å². The zero-order valence-corrected chi connectivity index (χ0v) is 18.6. The lowest BCUT2D eigenvalue weighted by atomic mass is 10.0. The first-order valence-corrected chi connectivity index (χ1v) is 11.2. The summed E-state index contributed by atoms with van der Waals surface area (Å²) < 4.78 is 1.08. The summed E-state index contributed by atoms with van der Waals surface area (Å²) in [4.78, 5) is 9.65. The molecule has 0 saturated carbocycles. The van der Waals surface area contributed by atoms with Crippen LogP contribution in [-0.2, 0) is 0 Å². The van der Waals surface area contributed by atoms with E-state index in [0.29, 0.717) is 0 Å². The van der Waals surface area contributed by atoms with Crippen LogP contribution in [0.4, 0.5) is 17.1 Å². The van der Waals surface area contributed by atoms with Crippen LogP contribution in [0, 0.1) is 0 Å². The molecule has 0 N–H and O–H groups in total. The fourth-order valence-electron chi connectivity index (χ4n) is 4.85. The first-order valence-electron chi connectivity index (χ1n) is 10.4. The van der Waals surface area contributed by atoms with Gasteiger partial charge in [0.25, 0.3) is 0 Å². The van der Waals surface area contributed by atoms with E-state index in [1.165, 1.54) is 38.8 Å². The lowest BCUT2D eigenvalue weighted by Crippen LogP contribution is -2.30. The number of nitrogens with zero attached hydrogens (tertiary/aromatic N) is 3. The highest BCUT2D eigenvalue weighted by atomic mass is 79.9. The Bertz CT molecular complexity index is 1410. The topological polar surface area (TPSA) is 19.4 Å². The van der Waals surface area contributed by atoms with Crippen LogP contribution in [0.15, 0.2) is 102 Å². The van der Waals surface area contributed by atoms with Crippen molar-refractivity contribution < 1.29 is 0 Å². The summed E-state index contributed by atoms with van der Waals surface area (Å²) >= 11 is 3.59. The Morgan fingerprint density at radius 3 is 2.16 bits per heavy atom. The summed E-state index contributed by atoms with van der Waals surface area (Å²) in [6.45, 7) is 0. The molecule has 1 aliphatic heterocycles. The second kappa shape index (κ2) is 7.10. The Balaban J connectivity index is 1.74. The number of benzene rings is 4. The zero-order valence-electron chi connectivity index (χ0n) is 17.0. The highest BCUT2D eigenvalue weighted by molar-refractivity contribution is 9.10. The first-order chi connectivity index (χ1) is 15.2. The zero-order chi connectivity index (χ0) is 20.9. The summed E-state index contributed by atoms with van der Waals surface area (Å²) in [7, 11) is 2.20. The van der Waals surface area contributed by atoms with Crippen molar-refractivity contribution in [3.63, 3.8) is 0 Å². The van der Waals surface area contributed by atoms with Crippen LogP contribution in [0.5, 0.6) is 0 Å². The van der Waals surface area contributed by atoms with Gasteiger partial charge in [-0.1, -0.05) is 70.5 Å². The Morgan fingerprint density at radius 2 is 1.39 bits per heavy atom. The average molecular weight is 466 g/mol. The van der Waals surface area contributed by atoms with Crippen molar-refractivity contribution >= 4 is 54.7 Å². The van der Waals surface area contributed by atoms with Crippen LogP contribution in [0.3, 0.4) is 0 Å². The van der Waals surface area contributed by atoms with E-state index in [1.54, 1.807) is 0 Å². The molecule has 0 spiro atoms. The molecule has 1 aliphatic rings. The Kier molecular flexibility index (Phi) is 4.22. The van der Waals surface area contributed by atoms with Crippen LogP contribution >= 0.6 is 15.9 Å². The maximum Gasteiger partial charge on any atom is 0.132 e. The summed E-state index contributed by atoms with van der Waals surface area (Å²) in [6.07, 6.45) is 1.93. The van der Waals surface area contributed by atoms with Crippen molar-refractivity contribution in [3.8, 4) is 0 Å². The van der Waals surface area contributed by atoms with E-state index in [-0.39, 0.29) is 6.17 Å². The highest BCUT2D eigenvalue weighted by Crippen LogP contribution is 2.55.